The summed E-state index contributed by atoms with van der Waals surface area (Å²) in [5, 5.41) is 0. The molecule has 0 N–H and O–H groups in total. The Labute approximate surface area is 95.6 Å². The third-order valence-electron chi connectivity index (χ3n) is 3.18. The maximum Gasteiger partial charge on any atom is 0.230 e. The molecule has 2 rings (SSSR count). The van der Waals surface area contributed by atoms with Gasteiger partial charge in [-0.25, -0.2) is 0 Å². The van der Waals surface area contributed by atoms with Crippen molar-refractivity contribution in [1.29, 1.82) is 0 Å². The van der Waals surface area contributed by atoms with Gasteiger partial charge in [-0.05, 0) is 26.4 Å². The van der Waals surface area contributed by atoms with E-state index < -0.39 is 0 Å². The normalized spacial score (nSPS) is 26.1. The first-order valence-corrected chi connectivity index (χ1v) is 5.70. The number of carbonyl (C=O) groups is 2. The predicted molar refractivity (Wildman–Crippen MR) is 59.4 cm³/mol. The molecule has 4 nitrogen and oxygen atoms in total. The molecule has 86 valence electrons. The summed E-state index contributed by atoms with van der Waals surface area (Å²) in [4.78, 5) is 26.1. The van der Waals surface area contributed by atoms with Crippen LogP contribution in [0.1, 0.15) is 25.7 Å². The van der Waals surface area contributed by atoms with Crippen LogP contribution < -0.4 is 0 Å². The molecular formula is C12H16N2O2. The zero-order valence-electron chi connectivity index (χ0n) is 9.53. The summed E-state index contributed by atoms with van der Waals surface area (Å²) >= 11 is 0. The number of hydrogen-bond donors (Lipinski definition) is 0. The lowest BCUT2D eigenvalue weighted by molar-refractivity contribution is -0.137. The van der Waals surface area contributed by atoms with Crippen molar-refractivity contribution in [2.24, 2.45) is 0 Å². The highest BCUT2D eigenvalue weighted by Crippen LogP contribution is 2.14. The first-order chi connectivity index (χ1) is 7.68. The predicted octanol–water partition coefficient (Wildman–Crippen LogP) is 0.233. The van der Waals surface area contributed by atoms with Gasteiger partial charge in [0, 0.05) is 12.8 Å². The molecule has 2 heterocycles. The fourth-order valence-corrected chi connectivity index (χ4v) is 2.13. The zero-order chi connectivity index (χ0) is 11.5. The van der Waals surface area contributed by atoms with Crippen LogP contribution in [0.5, 0.6) is 0 Å². The van der Waals surface area contributed by atoms with Crippen molar-refractivity contribution in [1.82, 2.24) is 9.80 Å². The van der Waals surface area contributed by atoms with Gasteiger partial charge in [0.05, 0.1) is 12.6 Å². The Bertz CT molecular complexity index is 351. The van der Waals surface area contributed by atoms with Gasteiger partial charge in [-0.1, -0.05) is 11.8 Å². The molecule has 2 saturated heterocycles. The van der Waals surface area contributed by atoms with Gasteiger partial charge in [0.25, 0.3) is 0 Å². The summed E-state index contributed by atoms with van der Waals surface area (Å²) in [5.74, 6) is 5.91. The Kier molecular flexibility index (Phi) is 3.25. The van der Waals surface area contributed by atoms with Crippen LogP contribution in [0, 0.1) is 11.8 Å². The second-order valence-corrected chi connectivity index (χ2v) is 4.33. The minimum Gasteiger partial charge on any atom is -0.293 e. The van der Waals surface area contributed by atoms with Crippen LogP contribution in [0.3, 0.4) is 0 Å². The van der Waals surface area contributed by atoms with E-state index in [0.717, 1.165) is 13.0 Å². The standard InChI is InChI=1S/C12H16N2O2/c1-13-8-2-4-10(13)5-3-9-14-11(15)6-7-12(14)16/h10H,2,4,6-9H2,1H3/t10-/m1/s1. The number of rotatable bonds is 1. The molecule has 0 unspecified atom stereocenters. The van der Waals surface area contributed by atoms with Crippen LogP contribution in [0.2, 0.25) is 0 Å². The summed E-state index contributed by atoms with van der Waals surface area (Å²) in [7, 11) is 2.05. The van der Waals surface area contributed by atoms with E-state index in [0.29, 0.717) is 18.9 Å². The number of imide groups is 1. The van der Waals surface area contributed by atoms with Crippen LogP contribution in [-0.4, -0.2) is 47.8 Å². The molecule has 4 heteroatoms. The van der Waals surface area contributed by atoms with E-state index >= 15 is 0 Å². The number of likely N-dealkylation sites (tertiary alicyclic amines) is 2. The molecule has 2 aliphatic rings. The molecule has 1 atom stereocenters. The first kappa shape index (κ1) is 11.2. The van der Waals surface area contributed by atoms with Crippen molar-refractivity contribution in [3.05, 3.63) is 0 Å². The maximum absolute atomic E-state index is 11.3. The maximum atomic E-state index is 11.3. The molecule has 2 amide bonds. The van der Waals surface area contributed by atoms with Crippen molar-refractivity contribution in [3.8, 4) is 11.8 Å². The van der Waals surface area contributed by atoms with Gasteiger partial charge in [-0.15, -0.1) is 0 Å². The molecule has 0 aliphatic carbocycles. The van der Waals surface area contributed by atoms with Crippen LogP contribution >= 0.6 is 0 Å². The molecule has 16 heavy (non-hydrogen) atoms. The van der Waals surface area contributed by atoms with Crippen LogP contribution in [0.25, 0.3) is 0 Å². The van der Waals surface area contributed by atoms with Gasteiger partial charge in [-0.3, -0.25) is 19.4 Å². The van der Waals surface area contributed by atoms with Gasteiger partial charge in [0.2, 0.25) is 11.8 Å². The van der Waals surface area contributed by atoms with Gasteiger partial charge >= 0.3 is 0 Å². The number of carbonyl (C=O) groups excluding carboxylic acids is 2. The Morgan fingerprint density at radius 1 is 1.31 bits per heavy atom. The summed E-state index contributed by atoms with van der Waals surface area (Å²) in [6.07, 6.45) is 2.97. The van der Waals surface area contributed by atoms with E-state index in [-0.39, 0.29) is 18.4 Å². The molecule has 0 aromatic heterocycles. The monoisotopic (exact) mass is 220 g/mol. The molecular weight excluding hydrogens is 204 g/mol. The highest BCUT2D eigenvalue weighted by atomic mass is 16.2. The lowest BCUT2D eigenvalue weighted by Crippen LogP contribution is -2.29. The molecule has 0 aromatic rings. The third-order valence-corrected chi connectivity index (χ3v) is 3.18. The number of nitrogens with zero attached hydrogens (tertiary/aromatic N) is 2. The highest BCUT2D eigenvalue weighted by Gasteiger charge is 2.27. The Balaban J connectivity index is 1.89. The minimum atomic E-state index is -0.0842. The largest absolute Gasteiger partial charge is 0.293 e. The number of amides is 2. The molecule has 0 aromatic carbocycles. The first-order valence-electron chi connectivity index (χ1n) is 5.70. The average molecular weight is 220 g/mol. The highest BCUT2D eigenvalue weighted by molar-refractivity contribution is 6.02. The van der Waals surface area contributed by atoms with Gasteiger partial charge in [0.15, 0.2) is 0 Å². The number of hydrogen-bond acceptors (Lipinski definition) is 3. The fourth-order valence-electron chi connectivity index (χ4n) is 2.13. The molecule has 0 radical (unpaired) electrons. The molecule has 0 bridgehead atoms. The summed E-state index contributed by atoms with van der Waals surface area (Å²) in [6.45, 7) is 1.35. The minimum absolute atomic E-state index is 0.0842. The summed E-state index contributed by atoms with van der Waals surface area (Å²) < 4.78 is 0. The van der Waals surface area contributed by atoms with Gasteiger partial charge in [-0.2, -0.15) is 0 Å². The smallest absolute Gasteiger partial charge is 0.230 e. The van der Waals surface area contributed by atoms with Crippen LogP contribution in [-0.2, 0) is 9.59 Å². The SMILES string of the molecule is CN1CCC[C@@H]1C#CCN1C(=O)CCC1=O. The topological polar surface area (TPSA) is 40.6 Å². The van der Waals surface area contributed by atoms with E-state index in [2.05, 4.69) is 23.8 Å². The summed E-state index contributed by atoms with van der Waals surface area (Å²) in [5.41, 5.74) is 0. The summed E-state index contributed by atoms with van der Waals surface area (Å²) in [6, 6.07) is 0.299. The van der Waals surface area contributed by atoms with E-state index in [9.17, 15) is 9.59 Å². The van der Waals surface area contributed by atoms with E-state index in [1.165, 1.54) is 11.3 Å². The lowest BCUT2D eigenvalue weighted by Gasteiger charge is -2.13. The Morgan fingerprint density at radius 2 is 2.00 bits per heavy atom. The molecule has 0 saturated carbocycles. The lowest BCUT2D eigenvalue weighted by atomic mass is 10.2. The van der Waals surface area contributed by atoms with Crippen molar-refractivity contribution in [3.63, 3.8) is 0 Å². The van der Waals surface area contributed by atoms with Crippen molar-refractivity contribution in [2.45, 2.75) is 31.7 Å². The molecule has 2 fully saturated rings. The molecule has 2 aliphatic heterocycles. The molecule has 0 spiro atoms. The van der Waals surface area contributed by atoms with Crippen LogP contribution in [0.4, 0.5) is 0 Å². The van der Waals surface area contributed by atoms with Crippen molar-refractivity contribution >= 4 is 11.8 Å². The Morgan fingerprint density at radius 3 is 2.56 bits per heavy atom. The zero-order valence-corrected chi connectivity index (χ0v) is 9.53. The second kappa shape index (κ2) is 4.67. The fraction of sp³-hybridized carbons (Fsp3) is 0.667. The van der Waals surface area contributed by atoms with E-state index in [1.54, 1.807) is 0 Å². The average Bonchev–Trinajstić information content (AvgIpc) is 2.79. The van der Waals surface area contributed by atoms with Crippen molar-refractivity contribution < 1.29 is 9.59 Å². The van der Waals surface area contributed by atoms with E-state index in [4.69, 9.17) is 0 Å². The quantitative estimate of drug-likeness (QED) is 0.469. The second-order valence-electron chi connectivity index (χ2n) is 4.33. The third kappa shape index (κ3) is 2.25. The van der Waals surface area contributed by atoms with Crippen molar-refractivity contribution in [2.75, 3.05) is 20.1 Å². The van der Waals surface area contributed by atoms with Crippen LogP contribution in [0.15, 0.2) is 0 Å². The van der Waals surface area contributed by atoms with E-state index in [1.807, 2.05) is 0 Å². The Hall–Kier alpha value is -1.34. The van der Waals surface area contributed by atoms with Gasteiger partial charge < -0.3 is 0 Å². The van der Waals surface area contributed by atoms with Gasteiger partial charge in [0.1, 0.15) is 0 Å².